The summed E-state index contributed by atoms with van der Waals surface area (Å²) in [7, 11) is 0. The Hall–Kier alpha value is 0.976. The molecule has 0 heterocycles. The van der Waals surface area contributed by atoms with Crippen LogP contribution in [0.5, 0.6) is 0 Å². The molecule has 0 bridgehead atoms. The van der Waals surface area contributed by atoms with Crippen molar-refractivity contribution in [2.45, 2.75) is 14.9 Å². The van der Waals surface area contributed by atoms with Gasteiger partial charge in [-0.05, 0) is 24.4 Å². The van der Waals surface area contributed by atoms with Gasteiger partial charge in [-0.2, -0.15) is 0 Å². The molecule has 74 valence electrons. The number of aliphatic hydroxyl groups excluding tert-OH is 2. The van der Waals surface area contributed by atoms with Crippen molar-refractivity contribution < 1.29 is 15.7 Å². The van der Waals surface area contributed by atoms with Crippen LogP contribution in [0.4, 0.5) is 0 Å². The van der Waals surface area contributed by atoms with Crippen LogP contribution in [0.1, 0.15) is 14.9 Å². The summed E-state index contributed by atoms with van der Waals surface area (Å²) >= 11 is 7.74. The topological polar surface area (TPSA) is 124 Å². The molecule has 0 aliphatic rings. The fourth-order valence-corrected chi connectivity index (χ4v) is 0. The third-order valence-electron chi connectivity index (χ3n) is 0. The van der Waals surface area contributed by atoms with Gasteiger partial charge < -0.3 is 27.2 Å². The summed E-state index contributed by atoms with van der Waals surface area (Å²) in [6.45, 7) is 0. The van der Waals surface area contributed by atoms with Crippen LogP contribution in [0.3, 0.4) is 0 Å². The van der Waals surface area contributed by atoms with E-state index in [1.54, 1.807) is 0 Å². The van der Waals surface area contributed by atoms with Gasteiger partial charge in [0.1, 0.15) is 0 Å². The molecular formula is C4H17KN2O3S2. The fourth-order valence-electron chi connectivity index (χ4n) is 0. The summed E-state index contributed by atoms with van der Waals surface area (Å²) in [6.07, 6.45) is 0. The predicted molar refractivity (Wildman–Crippen MR) is 63.1 cm³/mol. The number of nitrogens with two attached hydrogens (primary N) is 2. The zero-order valence-electron chi connectivity index (χ0n) is 4.37. The maximum atomic E-state index is 7.56. The van der Waals surface area contributed by atoms with E-state index in [1.807, 2.05) is 0 Å². The van der Waals surface area contributed by atoms with E-state index in [0.717, 1.165) is 0 Å². The molecule has 0 unspecified atom stereocenters. The molecule has 8 N–H and O–H groups in total. The molecule has 0 saturated heterocycles. The van der Waals surface area contributed by atoms with E-state index in [1.165, 1.54) is 0 Å². The fraction of sp³-hybridized carbons (Fsp3) is 0.500. The molecule has 0 aromatic rings. The van der Waals surface area contributed by atoms with E-state index >= 15 is 0 Å². The summed E-state index contributed by atoms with van der Waals surface area (Å²) in [5.74, 6) is 0. The summed E-state index contributed by atoms with van der Waals surface area (Å²) < 4.78 is 0. The number of thiocarbonyl (C=S) groups is 2. The Morgan fingerprint density at radius 2 is 0.917 bits per heavy atom. The first-order valence-electron chi connectivity index (χ1n) is 1.43. The first kappa shape index (κ1) is 38.2. The quantitative estimate of drug-likeness (QED) is 0.332. The SMILES string of the molecule is C.C.NC(O)=S.NC(O)=S.O.[KH]. The average Bonchev–Trinajstić information content (AvgIpc) is 1.25. The van der Waals surface area contributed by atoms with Crippen molar-refractivity contribution in [2.24, 2.45) is 11.5 Å². The van der Waals surface area contributed by atoms with Crippen LogP contribution in [0.25, 0.3) is 0 Å². The van der Waals surface area contributed by atoms with Gasteiger partial charge in [0, 0.05) is 0 Å². The monoisotopic (exact) mass is 244 g/mol. The molecule has 0 saturated carbocycles. The Kier molecular flexibility index (Phi) is 94.5. The molecule has 0 amide bonds. The molecule has 0 radical (unpaired) electrons. The second-order valence-corrected chi connectivity index (χ2v) is 1.51. The number of hydrogen-bond donors (Lipinski definition) is 4. The number of aliphatic hydroxyl groups is 2. The zero-order valence-corrected chi connectivity index (χ0v) is 6.00. The van der Waals surface area contributed by atoms with Crippen molar-refractivity contribution in [3.8, 4) is 0 Å². The standard InChI is InChI=1S/2CH3NOS.2CH4.K.H2O.H/c2*2-1(3)4;;;;;/h2*(H3,2,3,4);2*1H4;;1H2;. The van der Waals surface area contributed by atoms with Gasteiger partial charge in [0.05, 0.1) is 0 Å². The van der Waals surface area contributed by atoms with Crippen molar-refractivity contribution in [3.05, 3.63) is 0 Å². The van der Waals surface area contributed by atoms with Crippen molar-refractivity contribution in [1.82, 2.24) is 0 Å². The van der Waals surface area contributed by atoms with E-state index in [9.17, 15) is 0 Å². The predicted octanol–water partition coefficient (Wildman–Crippen LogP) is -0.625. The molecular weight excluding hydrogens is 227 g/mol. The van der Waals surface area contributed by atoms with E-state index in [-0.39, 0.29) is 71.7 Å². The normalized spacial score (nSPS) is 4.00. The van der Waals surface area contributed by atoms with Gasteiger partial charge in [-0.3, -0.25) is 0 Å². The van der Waals surface area contributed by atoms with Gasteiger partial charge in [0.15, 0.2) is 0 Å². The molecule has 8 heteroatoms. The van der Waals surface area contributed by atoms with Gasteiger partial charge in [-0.25, -0.2) is 0 Å². The average molecular weight is 244 g/mol. The molecule has 5 nitrogen and oxygen atoms in total. The molecule has 0 fully saturated rings. The molecule has 12 heavy (non-hydrogen) atoms. The third-order valence-corrected chi connectivity index (χ3v) is 0. The maximum absolute atomic E-state index is 7.56. The molecule has 0 rings (SSSR count). The third kappa shape index (κ3) is 1150. The second kappa shape index (κ2) is 29.6. The first-order valence-corrected chi connectivity index (χ1v) is 2.25. The molecule has 0 aromatic heterocycles. The molecule has 0 spiro atoms. The van der Waals surface area contributed by atoms with Gasteiger partial charge in [0.25, 0.3) is 10.3 Å². The van der Waals surface area contributed by atoms with Crippen molar-refractivity contribution in [3.63, 3.8) is 0 Å². The van der Waals surface area contributed by atoms with Crippen LogP contribution in [0.2, 0.25) is 0 Å². The van der Waals surface area contributed by atoms with Crippen LogP contribution in [0, 0.1) is 0 Å². The Bertz CT molecular complexity index is 84.3. The van der Waals surface area contributed by atoms with E-state index in [2.05, 4.69) is 35.9 Å². The Balaban J connectivity index is -0.0000000112. The zero-order chi connectivity index (χ0) is 7.15. The van der Waals surface area contributed by atoms with Crippen molar-refractivity contribution in [2.75, 3.05) is 0 Å². The summed E-state index contributed by atoms with van der Waals surface area (Å²) in [5.41, 5.74) is 8.80. The minimum absolute atomic E-state index is 0. The van der Waals surface area contributed by atoms with Crippen LogP contribution >= 0.6 is 24.4 Å². The summed E-state index contributed by atoms with van der Waals surface area (Å²) in [5, 5.41) is 14.1. The second-order valence-electron chi connectivity index (χ2n) is 0.676. The van der Waals surface area contributed by atoms with Gasteiger partial charge in [-0.15, -0.1) is 0 Å². The van der Waals surface area contributed by atoms with Gasteiger partial charge in [-0.1, -0.05) is 14.9 Å². The molecule has 0 aliphatic heterocycles. The van der Waals surface area contributed by atoms with Crippen LogP contribution in [-0.2, 0) is 0 Å². The van der Waals surface area contributed by atoms with E-state index in [4.69, 9.17) is 10.2 Å². The Morgan fingerprint density at radius 3 is 0.917 bits per heavy atom. The molecule has 0 aromatic carbocycles. The molecule has 0 atom stereocenters. The number of rotatable bonds is 0. The Morgan fingerprint density at radius 1 is 0.917 bits per heavy atom. The summed E-state index contributed by atoms with van der Waals surface area (Å²) in [6, 6.07) is 0. The molecule has 0 aliphatic carbocycles. The van der Waals surface area contributed by atoms with Crippen LogP contribution in [0.15, 0.2) is 0 Å². The van der Waals surface area contributed by atoms with Gasteiger partial charge in [0.2, 0.25) is 0 Å². The first-order chi connectivity index (χ1) is 3.46. The van der Waals surface area contributed by atoms with Crippen molar-refractivity contribution >= 4 is 86.2 Å². The van der Waals surface area contributed by atoms with Crippen LogP contribution in [-0.4, -0.2) is 77.4 Å². The van der Waals surface area contributed by atoms with E-state index in [0.29, 0.717) is 0 Å². The van der Waals surface area contributed by atoms with E-state index < -0.39 is 10.3 Å². The Labute approximate surface area is 126 Å². The minimum atomic E-state index is -0.500. The summed E-state index contributed by atoms with van der Waals surface area (Å²) in [4.78, 5) is 0. The van der Waals surface area contributed by atoms with Crippen LogP contribution < -0.4 is 11.5 Å². The van der Waals surface area contributed by atoms with Gasteiger partial charge >= 0.3 is 51.4 Å². The number of hydrogen-bond acceptors (Lipinski definition) is 2. The van der Waals surface area contributed by atoms with Crippen molar-refractivity contribution in [1.29, 1.82) is 0 Å².